The first kappa shape index (κ1) is 90.1. The molecule has 0 aliphatic heterocycles. The Morgan fingerprint density at radius 1 is 0.315 bits per heavy atom. The lowest BCUT2D eigenvalue weighted by Gasteiger charge is -2.21. The maximum atomic E-state index is 13.1. The molecule has 0 aliphatic rings. The van der Waals surface area contributed by atoms with E-state index in [-0.39, 0.29) is 25.7 Å². The molecule has 0 fully saturated rings. The van der Waals surface area contributed by atoms with Gasteiger partial charge in [0, 0.05) is 25.7 Å². The van der Waals surface area contributed by atoms with Crippen molar-refractivity contribution in [3.8, 4) is 0 Å². The molecule has 0 bridgehead atoms. The number of carbonyl (C=O) groups excluding carboxylic acids is 4. The number of unbranched alkanes of at least 4 members (excludes halogenated alkanes) is 41. The fraction of sp³-hybridized carbons (Fsp3) is 0.945. The Morgan fingerprint density at radius 3 is 0.826 bits per heavy atom. The summed E-state index contributed by atoms with van der Waals surface area (Å²) in [5.74, 6) is -0.594. The van der Waals surface area contributed by atoms with Crippen molar-refractivity contribution in [3.63, 3.8) is 0 Å². The van der Waals surface area contributed by atoms with Crippen molar-refractivity contribution in [1.82, 2.24) is 0 Å². The van der Waals surface area contributed by atoms with Crippen LogP contribution in [0.4, 0.5) is 0 Å². The molecule has 92 heavy (non-hydrogen) atoms. The Labute approximate surface area is 562 Å². The average molecular weight is 1350 g/mol. The predicted octanol–water partition coefficient (Wildman–Crippen LogP) is 21.2. The monoisotopic (exact) mass is 1350 g/mol. The molecule has 3 unspecified atom stereocenters. The summed E-state index contributed by atoms with van der Waals surface area (Å²) in [5.41, 5.74) is 0. The Balaban J connectivity index is 5.23. The molecule has 0 aromatic rings. The zero-order valence-electron chi connectivity index (χ0n) is 59.9. The van der Waals surface area contributed by atoms with Crippen molar-refractivity contribution >= 4 is 39.5 Å². The minimum atomic E-state index is -4.95. The largest absolute Gasteiger partial charge is 0.472 e. The number of phosphoric acid groups is 2. The molecule has 0 saturated heterocycles. The summed E-state index contributed by atoms with van der Waals surface area (Å²) in [4.78, 5) is 72.6. The normalized spacial score (nSPS) is 14.4. The number of aliphatic hydroxyl groups excluding tert-OH is 1. The van der Waals surface area contributed by atoms with Crippen LogP contribution in [-0.2, 0) is 65.4 Å². The Bertz CT molecular complexity index is 1790. The maximum absolute atomic E-state index is 13.1. The van der Waals surface area contributed by atoms with Crippen LogP contribution in [0.5, 0.6) is 0 Å². The molecule has 0 amide bonds. The van der Waals surface area contributed by atoms with E-state index in [9.17, 15) is 43.2 Å². The number of hydrogen-bond acceptors (Lipinski definition) is 15. The summed E-state index contributed by atoms with van der Waals surface area (Å²) in [7, 11) is -9.90. The molecule has 0 spiro atoms. The second kappa shape index (κ2) is 65.0. The molecule has 0 saturated carbocycles. The van der Waals surface area contributed by atoms with Gasteiger partial charge in [-0.05, 0) is 37.5 Å². The van der Waals surface area contributed by atoms with Gasteiger partial charge in [-0.1, -0.05) is 324 Å². The van der Waals surface area contributed by atoms with Crippen LogP contribution in [-0.4, -0.2) is 96.7 Å². The number of esters is 4. The average Bonchev–Trinajstić information content (AvgIpc) is 1.56. The summed E-state index contributed by atoms with van der Waals surface area (Å²) in [5, 5.41) is 10.6. The van der Waals surface area contributed by atoms with Crippen LogP contribution < -0.4 is 0 Å². The number of carbonyl (C=O) groups is 4. The molecular weight excluding hydrogens is 1210 g/mol. The van der Waals surface area contributed by atoms with Crippen molar-refractivity contribution in [2.75, 3.05) is 39.6 Å². The van der Waals surface area contributed by atoms with Gasteiger partial charge in [-0.2, -0.15) is 0 Å². The topological polar surface area (TPSA) is 237 Å². The second-order valence-electron chi connectivity index (χ2n) is 27.1. The van der Waals surface area contributed by atoms with Crippen LogP contribution in [0.15, 0.2) is 0 Å². The molecule has 6 atom stereocenters. The fourth-order valence-corrected chi connectivity index (χ4v) is 12.7. The summed E-state index contributed by atoms with van der Waals surface area (Å²) in [6.07, 6.45) is 51.3. The lowest BCUT2D eigenvalue weighted by Crippen LogP contribution is -2.30. The zero-order valence-corrected chi connectivity index (χ0v) is 61.6. The molecule has 17 nitrogen and oxygen atoms in total. The third-order valence-corrected chi connectivity index (χ3v) is 19.2. The van der Waals surface area contributed by atoms with E-state index in [0.29, 0.717) is 31.6 Å². The Kier molecular flexibility index (Phi) is 63.7. The number of rotatable bonds is 72. The van der Waals surface area contributed by atoms with Gasteiger partial charge in [-0.15, -0.1) is 0 Å². The molecule has 0 aromatic heterocycles. The van der Waals surface area contributed by atoms with E-state index in [4.69, 9.17) is 37.0 Å². The van der Waals surface area contributed by atoms with Crippen molar-refractivity contribution in [3.05, 3.63) is 0 Å². The molecule has 3 N–H and O–H groups in total. The summed E-state index contributed by atoms with van der Waals surface area (Å²) in [6.45, 7) is 9.55. The highest BCUT2D eigenvalue weighted by Gasteiger charge is 2.30. The van der Waals surface area contributed by atoms with Crippen LogP contribution >= 0.6 is 15.6 Å². The zero-order chi connectivity index (χ0) is 67.9. The molecule has 0 aromatic carbocycles. The smallest absolute Gasteiger partial charge is 0.462 e. The van der Waals surface area contributed by atoms with E-state index in [1.807, 2.05) is 0 Å². The van der Waals surface area contributed by atoms with Crippen LogP contribution in [0.1, 0.15) is 375 Å². The lowest BCUT2D eigenvalue weighted by atomic mass is 9.99. The van der Waals surface area contributed by atoms with E-state index < -0.39 is 97.5 Å². The van der Waals surface area contributed by atoms with Gasteiger partial charge < -0.3 is 33.8 Å². The second-order valence-corrected chi connectivity index (χ2v) is 30.0. The third kappa shape index (κ3) is 65.4. The van der Waals surface area contributed by atoms with Gasteiger partial charge in [0.25, 0.3) is 0 Å². The summed E-state index contributed by atoms with van der Waals surface area (Å²) < 4.78 is 68.4. The highest BCUT2D eigenvalue weighted by molar-refractivity contribution is 7.47. The molecular formula is C73H142O17P2. The Morgan fingerprint density at radius 2 is 0.554 bits per heavy atom. The summed E-state index contributed by atoms with van der Waals surface area (Å²) >= 11 is 0. The lowest BCUT2D eigenvalue weighted by molar-refractivity contribution is -0.161. The third-order valence-electron chi connectivity index (χ3n) is 17.3. The van der Waals surface area contributed by atoms with Gasteiger partial charge in [0.15, 0.2) is 12.2 Å². The van der Waals surface area contributed by atoms with Crippen LogP contribution in [0, 0.1) is 11.8 Å². The van der Waals surface area contributed by atoms with Crippen LogP contribution in [0.25, 0.3) is 0 Å². The van der Waals surface area contributed by atoms with Crippen molar-refractivity contribution < 1.29 is 80.2 Å². The van der Waals surface area contributed by atoms with E-state index in [2.05, 4.69) is 41.5 Å². The van der Waals surface area contributed by atoms with Crippen LogP contribution in [0.2, 0.25) is 0 Å². The van der Waals surface area contributed by atoms with Gasteiger partial charge >= 0.3 is 39.5 Å². The first-order valence-corrected chi connectivity index (χ1v) is 41.0. The number of phosphoric ester groups is 2. The molecule has 546 valence electrons. The van der Waals surface area contributed by atoms with Gasteiger partial charge in [0.2, 0.25) is 0 Å². The molecule has 0 aliphatic carbocycles. The van der Waals surface area contributed by atoms with E-state index in [0.717, 1.165) is 102 Å². The van der Waals surface area contributed by atoms with E-state index in [1.54, 1.807) is 0 Å². The standard InChI is InChI=1S/C73H142O17P2/c1-7-10-12-14-16-18-20-24-29-32-36-43-49-55-70(75)83-61-68(89-73(78)58-52-46-38-34-30-26-23-22-25-27-31-35-42-48-54-66(6)9-3)63-87-91(79,80)85-59-67(74)60-86-92(81,82)88-64-69(62-84-71(76)56-50-44-40-39-41-47-53-65(4)5)90-72(77)57-51-45-37-33-28-21-19-17-15-13-11-8-2/h65-69,74H,7-64H2,1-6H3,(H,79,80)(H,81,82)/t66?,67-,68-,69-/m1/s1. The minimum Gasteiger partial charge on any atom is -0.462 e. The van der Waals surface area contributed by atoms with Crippen molar-refractivity contribution in [2.24, 2.45) is 11.8 Å². The molecule has 0 rings (SSSR count). The fourth-order valence-electron chi connectivity index (χ4n) is 11.1. The number of aliphatic hydroxyl groups is 1. The number of hydrogen-bond donors (Lipinski definition) is 3. The minimum absolute atomic E-state index is 0.106. The van der Waals surface area contributed by atoms with Crippen molar-refractivity contribution in [1.29, 1.82) is 0 Å². The number of ether oxygens (including phenoxy) is 4. The predicted molar refractivity (Wildman–Crippen MR) is 372 cm³/mol. The van der Waals surface area contributed by atoms with Gasteiger partial charge in [-0.25, -0.2) is 9.13 Å². The quantitative estimate of drug-likeness (QED) is 0.0222. The SMILES string of the molecule is CCCCCCCCCCCCCCCC(=O)OC[C@H](COP(=O)(O)OC[C@@H](O)COP(=O)(O)OC[C@@H](COC(=O)CCCCCCCCC(C)C)OC(=O)CCCCCCCCCCCCCC)OC(=O)CCCCCCCCCCCCCCCCC(C)CC. The molecule has 19 heteroatoms. The first-order valence-electron chi connectivity index (χ1n) is 38.0. The summed E-state index contributed by atoms with van der Waals surface area (Å²) in [6, 6.07) is 0. The maximum Gasteiger partial charge on any atom is 0.472 e. The highest BCUT2D eigenvalue weighted by atomic mass is 31.2. The first-order chi connectivity index (χ1) is 44.4. The van der Waals surface area contributed by atoms with Crippen molar-refractivity contribution in [2.45, 2.75) is 394 Å². The van der Waals surface area contributed by atoms with Gasteiger partial charge in [0.05, 0.1) is 26.4 Å². The van der Waals surface area contributed by atoms with E-state index >= 15 is 0 Å². The molecule has 0 heterocycles. The van der Waals surface area contributed by atoms with Gasteiger partial charge in [0.1, 0.15) is 19.3 Å². The highest BCUT2D eigenvalue weighted by Crippen LogP contribution is 2.45. The molecule has 0 radical (unpaired) electrons. The van der Waals surface area contributed by atoms with Gasteiger partial charge in [-0.3, -0.25) is 37.3 Å². The van der Waals surface area contributed by atoms with E-state index in [1.165, 1.54) is 186 Å². The Hall–Kier alpha value is -1.94. The van der Waals surface area contributed by atoms with Crippen LogP contribution in [0.3, 0.4) is 0 Å².